The van der Waals surface area contributed by atoms with E-state index in [1.165, 1.54) is 78.0 Å². The third kappa shape index (κ3) is 5.64. The fourth-order valence-electron chi connectivity index (χ4n) is 3.10. The van der Waals surface area contributed by atoms with Crippen molar-refractivity contribution in [1.29, 1.82) is 0 Å². The van der Waals surface area contributed by atoms with Crippen LogP contribution in [0.2, 0.25) is 0 Å². The summed E-state index contributed by atoms with van der Waals surface area (Å²) in [6.07, 6.45) is 9.92. The normalized spacial score (nSPS) is 25.8. The molecule has 1 saturated heterocycles. The van der Waals surface area contributed by atoms with Crippen molar-refractivity contribution in [3.8, 4) is 0 Å². The van der Waals surface area contributed by atoms with E-state index in [1.54, 1.807) is 0 Å². The molecule has 1 aliphatic carbocycles. The fourth-order valence-corrected chi connectivity index (χ4v) is 3.10. The highest BCUT2D eigenvalue weighted by atomic mass is 15.3. The summed E-state index contributed by atoms with van der Waals surface area (Å²) in [4.78, 5) is 5.17. The minimum Gasteiger partial charge on any atom is -0.316 e. The number of hydrogen-bond donors (Lipinski definition) is 1. The second-order valence-corrected chi connectivity index (χ2v) is 5.98. The molecule has 1 N–H and O–H groups in total. The van der Waals surface area contributed by atoms with E-state index in [9.17, 15) is 0 Å². The van der Waals surface area contributed by atoms with Gasteiger partial charge in [0.2, 0.25) is 0 Å². The van der Waals surface area contributed by atoms with Gasteiger partial charge in [0.1, 0.15) is 0 Å². The van der Waals surface area contributed by atoms with Gasteiger partial charge in [-0.2, -0.15) is 0 Å². The molecule has 2 aliphatic rings. The summed E-state index contributed by atoms with van der Waals surface area (Å²) >= 11 is 0. The van der Waals surface area contributed by atoms with Gasteiger partial charge in [-0.15, -0.1) is 0 Å². The minimum atomic E-state index is 0.887. The van der Waals surface area contributed by atoms with E-state index in [0.717, 1.165) is 5.92 Å². The van der Waals surface area contributed by atoms with Crippen molar-refractivity contribution < 1.29 is 0 Å². The molecule has 0 saturated carbocycles. The van der Waals surface area contributed by atoms with Crippen molar-refractivity contribution in [2.24, 2.45) is 5.92 Å². The molecule has 110 valence electrons. The van der Waals surface area contributed by atoms with Gasteiger partial charge < -0.3 is 15.1 Å². The highest BCUT2D eigenvalue weighted by Crippen LogP contribution is 2.16. The molecule has 1 heterocycles. The van der Waals surface area contributed by atoms with E-state index < -0.39 is 0 Å². The molecule has 3 heteroatoms. The zero-order valence-electron chi connectivity index (χ0n) is 12.6. The third-order valence-corrected chi connectivity index (χ3v) is 4.55. The molecular weight excluding hydrogens is 234 g/mol. The maximum Gasteiger partial charge on any atom is 0.0110 e. The van der Waals surface area contributed by atoms with E-state index in [4.69, 9.17) is 0 Å². The molecule has 1 unspecified atom stereocenters. The van der Waals surface area contributed by atoms with Crippen LogP contribution < -0.4 is 5.32 Å². The smallest absolute Gasteiger partial charge is 0.0110 e. The van der Waals surface area contributed by atoms with Crippen LogP contribution in [0.5, 0.6) is 0 Å². The topological polar surface area (TPSA) is 18.5 Å². The maximum atomic E-state index is 3.64. The van der Waals surface area contributed by atoms with Crippen molar-refractivity contribution in [3.05, 3.63) is 12.2 Å². The number of hydrogen-bond acceptors (Lipinski definition) is 3. The lowest BCUT2D eigenvalue weighted by atomic mass is 9.94. The molecular formula is C16H31N3. The van der Waals surface area contributed by atoms with Crippen molar-refractivity contribution >= 4 is 0 Å². The number of nitrogens with one attached hydrogen (secondary N) is 1. The van der Waals surface area contributed by atoms with Crippen molar-refractivity contribution in [2.75, 3.05) is 52.4 Å². The van der Waals surface area contributed by atoms with E-state index in [1.807, 2.05) is 0 Å². The number of nitrogens with zero attached hydrogens (tertiary/aromatic N) is 2. The molecule has 0 spiro atoms. The van der Waals surface area contributed by atoms with Gasteiger partial charge >= 0.3 is 0 Å². The zero-order chi connectivity index (χ0) is 13.3. The first-order valence-corrected chi connectivity index (χ1v) is 8.19. The lowest BCUT2D eigenvalue weighted by molar-refractivity contribution is 0.136. The number of piperazine rings is 1. The van der Waals surface area contributed by atoms with Crippen LogP contribution in [-0.4, -0.2) is 62.2 Å². The molecule has 0 radical (unpaired) electrons. The third-order valence-electron chi connectivity index (χ3n) is 4.55. The van der Waals surface area contributed by atoms with E-state index in [2.05, 4.69) is 34.2 Å². The Kier molecular flexibility index (Phi) is 6.90. The summed E-state index contributed by atoms with van der Waals surface area (Å²) < 4.78 is 0. The van der Waals surface area contributed by atoms with Gasteiger partial charge in [0.05, 0.1) is 0 Å². The number of likely N-dealkylation sites (N-methyl/N-ethyl adjacent to an activating group) is 1. The predicted octanol–water partition coefficient (Wildman–Crippen LogP) is 1.96. The van der Waals surface area contributed by atoms with Crippen molar-refractivity contribution in [2.45, 2.75) is 32.6 Å². The maximum absolute atomic E-state index is 3.64. The molecule has 2 rings (SSSR count). The molecule has 0 aromatic rings. The Balaban J connectivity index is 1.45. The molecule has 1 fully saturated rings. The Morgan fingerprint density at radius 1 is 1.11 bits per heavy atom. The first kappa shape index (κ1) is 15.0. The highest BCUT2D eigenvalue weighted by molar-refractivity contribution is 4.90. The fraction of sp³-hybridized carbons (Fsp3) is 0.875. The van der Waals surface area contributed by atoms with E-state index >= 15 is 0 Å². The molecule has 0 bridgehead atoms. The highest BCUT2D eigenvalue weighted by Gasteiger charge is 2.14. The minimum absolute atomic E-state index is 0.887. The summed E-state index contributed by atoms with van der Waals surface area (Å²) in [6, 6.07) is 0. The van der Waals surface area contributed by atoms with E-state index in [-0.39, 0.29) is 0 Å². The molecule has 0 aromatic heterocycles. The van der Waals surface area contributed by atoms with Gasteiger partial charge in [-0.3, -0.25) is 0 Å². The average molecular weight is 265 g/mol. The summed E-state index contributed by atoms with van der Waals surface area (Å²) in [5.41, 5.74) is 0. The number of rotatable bonds is 7. The van der Waals surface area contributed by atoms with Crippen LogP contribution in [0.15, 0.2) is 12.2 Å². The first-order valence-electron chi connectivity index (χ1n) is 8.19. The summed E-state index contributed by atoms with van der Waals surface area (Å²) in [6.45, 7) is 12.2. The van der Waals surface area contributed by atoms with Gasteiger partial charge in [0.15, 0.2) is 0 Å². The second kappa shape index (κ2) is 8.72. The lowest BCUT2D eigenvalue weighted by Crippen LogP contribution is -2.46. The van der Waals surface area contributed by atoms with Crippen LogP contribution in [-0.2, 0) is 0 Å². The van der Waals surface area contributed by atoms with Crippen LogP contribution >= 0.6 is 0 Å². The molecule has 3 nitrogen and oxygen atoms in total. The van der Waals surface area contributed by atoms with Crippen LogP contribution in [0.25, 0.3) is 0 Å². The SMILES string of the molecule is CCN1CCN(CCCNCC2CC=CCC2)CC1. The van der Waals surface area contributed by atoms with Crippen molar-refractivity contribution in [1.82, 2.24) is 15.1 Å². The Morgan fingerprint density at radius 2 is 1.89 bits per heavy atom. The number of allylic oxidation sites excluding steroid dienone is 2. The van der Waals surface area contributed by atoms with Crippen molar-refractivity contribution in [3.63, 3.8) is 0 Å². The van der Waals surface area contributed by atoms with Crippen LogP contribution in [0.4, 0.5) is 0 Å². The van der Waals surface area contributed by atoms with Crippen LogP contribution in [0.3, 0.4) is 0 Å². The van der Waals surface area contributed by atoms with Crippen LogP contribution in [0.1, 0.15) is 32.6 Å². The standard InChI is InChI=1S/C16H31N3/c1-2-18-11-13-19(14-12-18)10-6-9-17-15-16-7-4-3-5-8-16/h3-4,16-17H,2,5-15H2,1H3. The molecule has 0 aromatic carbocycles. The Labute approximate surface area is 119 Å². The van der Waals surface area contributed by atoms with E-state index in [0.29, 0.717) is 0 Å². The second-order valence-electron chi connectivity index (χ2n) is 5.98. The quantitative estimate of drug-likeness (QED) is 0.561. The van der Waals surface area contributed by atoms with Gasteiger partial charge in [-0.05, 0) is 57.8 Å². The summed E-state index contributed by atoms with van der Waals surface area (Å²) in [5, 5.41) is 3.64. The monoisotopic (exact) mass is 265 g/mol. The van der Waals surface area contributed by atoms with Crippen LogP contribution in [0, 0.1) is 5.92 Å². The Morgan fingerprint density at radius 3 is 2.58 bits per heavy atom. The molecule has 1 aliphatic heterocycles. The lowest BCUT2D eigenvalue weighted by Gasteiger charge is -2.34. The average Bonchev–Trinajstić information content (AvgIpc) is 2.49. The Hall–Kier alpha value is -0.380. The zero-order valence-corrected chi connectivity index (χ0v) is 12.6. The molecule has 0 amide bonds. The molecule has 1 atom stereocenters. The summed E-state index contributed by atoms with van der Waals surface area (Å²) in [5.74, 6) is 0.887. The van der Waals surface area contributed by atoms with Gasteiger partial charge in [0.25, 0.3) is 0 Å². The molecule has 19 heavy (non-hydrogen) atoms. The van der Waals surface area contributed by atoms with Gasteiger partial charge in [0, 0.05) is 26.2 Å². The van der Waals surface area contributed by atoms with Gasteiger partial charge in [-0.1, -0.05) is 19.1 Å². The Bertz CT molecular complexity index is 257. The first-order chi connectivity index (χ1) is 9.38. The predicted molar refractivity (Wildman–Crippen MR) is 82.5 cm³/mol. The largest absolute Gasteiger partial charge is 0.316 e. The summed E-state index contributed by atoms with van der Waals surface area (Å²) in [7, 11) is 0. The van der Waals surface area contributed by atoms with Gasteiger partial charge in [-0.25, -0.2) is 0 Å².